The van der Waals surface area contributed by atoms with Crippen molar-refractivity contribution in [3.8, 4) is 0 Å². The minimum Gasteiger partial charge on any atom is -0.462 e. The number of nitrogens with one attached hydrogen (secondary N) is 1. The molecule has 0 aliphatic rings. The first-order valence-corrected chi connectivity index (χ1v) is 8.77. The third kappa shape index (κ3) is 3.53. The Morgan fingerprint density at radius 3 is 2.80 bits per heavy atom. The number of aromatic nitrogens is 3. The highest BCUT2D eigenvalue weighted by atomic mass is 32.1. The summed E-state index contributed by atoms with van der Waals surface area (Å²) in [5, 5.41) is 7.55. The van der Waals surface area contributed by atoms with Crippen LogP contribution in [-0.2, 0) is 11.3 Å². The van der Waals surface area contributed by atoms with Crippen molar-refractivity contribution in [2.24, 2.45) is 0 Å². The number of amides is 1. The molecule has 2 aromatic heterocycles. The number of nitrogens with zero attached hydrogens (tertiary/aromatic N) is 3. The van der Waals surface area contributed by atoms with Gasteiger partial charge in [-0.15, -0.1) is 0 Å². The lowest BCUT2D eigenvalue weighted by Gasteiger charge is -2.03. The molecule has 0 atom stereocenters. The van der Waals surface area contributed by atoms with E-state index in [0.29, 0.717) is 35.1 Å². The molecule has 8 heteroatoms. The minimum absolute atomic E-state index is 0.257. The molecule has 3 aromatic rings. The Bertz CT molecular complexity index is 945. The first-order chi connectivity index (χ1) is 12.0. The summed E-state index contributed by atoms with van der Waals surface area (Å²) >= 11 is 1.31. The van der Waals surface area contributed by atoms with Crippen molar-refractivity contribution in [3.63, 3.8) is 0 Å². The summed E-state index contributed by atoms with van der Waals surface area (Å²) in [7, 11) is 0. The van der Waals surface area contributed by atoms with Crippen molar-refractivity contribution in [3.05, 3.63) is 41.2 Å². The molecule has 7 nitrogen and oxygen atoms in total. The molecule has 2 heterocycles. The molecule has 0 aliphatic heterocycles. The fourth-order valence-electron chi connectivity index (χ4n) is 2.45. The van der Waals surface area contributed by atoms with Gasteiger partial charge in [0.25, 0.3) is 5.91 Å². The van der Waals surface area contributed by atoms with E-state index in [1.54, 1.807) is 35.9 Å². The Morgan fingerprint density at radius 1 is 1.28 bits per heavy atom. The second kappa shape index (κ2) is 7.02. The van der Waals surface area contributed by atoms with Crippen LogP contribution >= 0.6 is 11.3 Å². The van der Waals surface area contributed by atoms with E-state index in [2.05, 4.69) is 15.4 Å². The maximum Gasteiger partial charge on any atom is 0.338 e. The highest BCUT2D eigenvalue weighted by Crippen LogP contribution is 2.27. The molecule has 0 fully saturated rings. The molecule has 1 amide bonds. The monoisotopic (exact) mass is 358 g/mol. The standard InChI is InChI=1S/C17H18N4O3S/c1-4-21-13(8-10(3)20-21)15(22)19-17-18-12-7-6-11(9-14(12)25-17)16(23)24-5-2/h6-9H,4-5H2,1-3H3,(H,18,19,22). The van der Waals surface area contributed by atoms with E-state index < -0.39 is 0 Å². The van der Waals surface area contributed by atoms with E-state index in [4.69, 9.17) is 4.74 Å². The van der Waals surface area contributed by atoms with Gasteiger partial charge in [-0.3, -0.25) is 14.8 Å². The van der Waals surface area contributed by atoms with Crippen molar-refractivity contribution in [1.29, 1.82) is 0 Å². The molecule has 0 unspecified atom stereocenters. The van der Waals surface area contributed by atoms with E-state index in [-0.39, 0.29) is 11.9 Å². The van der Waals surface area contributed by atoms with Crippen LogP contribution < -0.4 is 5.32 Å². The van der Waals surface area contributed by atoms with Crippen LogP contribution in [0.25, 0.3) is 10.2 Å². The highest BCUT2D eigenvalue weighted by Gasteiger charge is 2.16. The van der Waals surface area contributed by atoms with Gasteiger partial charge in [0.1, 0.15) is 5.69 Å². The van der Waals surface area contributed by atoms with E-state index >= 15 is 0 Å². The van der Waals surface area contributed by atoms with Crippen LogP contribution in [0.1, 0.15) is 40.4 Å². The number of fused-ring (bicyclic) bond motifs is 1. The minimum atomic E-state index is -0.370. The van der Waals surface area contributed by atoms with E-state index in [1.807, 2.05) is 13.8 Å². The molecule has 3 rings (SSSR count). The number of esters is 1. The predicted octanol–water partition coefficient (Wildman–Crippen LogP) is 3.25. The molecule has 0 saturated heterocycles. The topological polar surface area (TPSA) is 86.1 Å². The fourth-order valence-corrected chi connectivity index (χ4v) is 3.35. The average molecular weight is 358 g/mol. The molecular weight excluding hydrogens is 340 g/mol. The molecule has 0 aliphatic carbocycles. The Hall–Kier alpha value is -2.74. The van der Waals surface area contributed by atoms with E-state index in [0.717, 1.165) is 10.4 Å². The molecule has 130 valence electrons. The lowest BCUT2D eigenvalue weighted by molar-refractivity contribution is 0.0526. The molecular formula is C17H18N4O3S. The summed E-state index contributed by atoms with van der Waals surface area (Å²) in [5.41, 5.74) is 2.46. The summed E-state index contributed by atoms with van der Waals surface area (Å²) in [6.07, 6.45) is 0. The highest BCUT2D eigenvalue weighted by molar-refractivity contribution is 7.22. The quantitative estimate of drug-likeness (QED) is 0.708. The zero-order valence-electron chi connectivity index (χ0n) is 14.2. The number of benzene rings is 1. The number of ether oxygens (including phenoxy) is 1. The van der Waals surface area contributed by atoms with Crippen molar-refractivity contribution in [2.45, 2.75) is 27.3 Å². The van der Waals surface area contributed by atoms with Crippen LogP contribution in [0, 0.1) is 6.92 Å². The third-order valence-electron chi connectivity index (χ3n) is 3.55. The normalized spacial score (nSPS) is 10.8. The van der Waals surface area contributed by atoms with Gasteiger partial charge in [-0.05, 0) is 45.0 Å². The fraction of sp³-hybridized carbons (Fsp3) is 0.294. The average Bonchev–Trinajstić information content (AvgIpc) is 3.16. The molecule has 1 N–H and O–H groups in total. The van der Waals surface area contributed by atoms with Crippen molar-refractivity contribution in [2.75, 3.05) is 11.9 Å². The van der Waals surface area contributed by atoms with Gasteiger partial charge in [0.2, 0.25) is 0 Å². The number of thiazole rings is 1. The van der Waals surface area contributed by atoms with Crippen molar-refractivity contribution >= 4 is 38.6 Å². The number of hydrogen-bond donors (Lipinski definition) is 1. The smallest absolute Gasteiger partial charge is 0.338 e. The van der Waals surface area contributed by atoms with Gasteiger partial charge in [0, 0.05) is 6.54 Å². The zero-order chi connectivity index (χ0) is 18.0. The number of anilines is 1. The second-order valence-corrected chi connectivity index (χ2v) is 6.39. The van der Waals surface area contributed by atoms with Crippen molar-refractivity contribution in [1.82, 2.24) is 14.8 Å². The van der Waals surface area contributed by atoms with Crippen LogP contribution in [0.15, 0.2) is 24.3 Å². The van der Waals surface area contributed by atoms with Crippen LogP contribution in [-0.4, -0.2) is 33.2 Å². The molecule has 0 saturated carbocycles. The maximum absolute atomic E-state index is 12.5. The van der Waals surface area contributed by atoms with Gasteiger partial charge in [0.05, 0.1) is 28.1 Å². The molecule has 0 bridgehead atoms. The number of carbonyl (C=O) groups is 2. The van der Waals surface area contributed by atoms with E-state index in [1.165, 1.54) is 11.3 Å². The third-order valence-corrected chi connectivity index (χ3v) is 4.49. The maximum atomic E-state index is 12.5. The summed E-state index contributed by atoms with van der Waals surface area (Å²) < 4.78 is 7.46. The van der Waals surface area contributed by atoms with Crippen LogP contribution in [0.4, 0.5) is 5.13 Å². The summed E-state index contributed by atoms with van der Waals surface area (Å²) in [6.45, 7) is 6.47. The summed E-state index contributed by atoms with van der Waals surface area (Å²) in [4.78, 5) is 28.7. The van der Waals surface area contributed by atoms with Crippen LogP contribution in [0.5, 0.6) is 0 Å². The Morgan fingerprint density at radius 2 is 2.08 bits per heavy atom. The summed E-state index contributed by atoms with van der Waals surface area (Å²) in [5.74, 6) is -0.627. The van der Waals surface area contributed by atoms with Gasteiger partial charge in [-0.1, -0.05) is 11.3 Å². The Balaban J connectivity index is 1.84. The molecule has 0 radical (unpaired) electrons. The first-order valence-electron chi connectivity index (χ1n) is 7.95. The van der Waals surface area contributed by atoms with Gasteiger partial charge >= 0.3 is 5.97 Å². The second-order valence-electron chi connectivity index (χ2n) is 5.36. The Kier molecular flexibility index (Phi) is 4.80. The molecule has 0 spiro atoms. The summed E-state index contributed by atoms with van der Waals surface area (Å²) in [6, 6.07) is 6.88. The van der Waals surface area contributed by atoms with Gasteiger partial charge in [0.15, 0.2) is 5.13 Å². The Labute approximate surface area is 148 Å². The van der Waals surface area contributed by atoms with Gasteiger partial charge < -0.3 is 4.74 Å². The largest absolute Gasteiger partial charge is 0.462 e. The number of rotatable bonds is 5. The first kappa shape index (κ1) is 17.1. The molecule has 1 aromatic carbocycles. The lowest BCUT2D eigenvalue weighted by Crippen LogP contribution is -2.17. The van der Waals surface area contributed by atoms with E-state index in [9.17, 15) is 9.59 Å². The number of hydrogen-bond acceptors (Lipinski definition) is 6. The number of carbonyl (C=O) groups excluding carboxylic acids is 2. The predicted molar refractivity (Wildman–Crippen MR) is 96.2 cm³/mol. The lowest BCUT2D eigenvalue weighted by atomic mass is 10.2. The SMILES string of the molecule is CCOC(=O)c1ccc2nc(NC(=O)c3cc(C)nn3CC)sc2c1. The zero-order valence-corrected chi connectivity index (χ0v) is 15.0. The molecule has 25 heavy (non-hydrogen) atoms. The van der Waals surface area contributed by atoms with Crippen molar-refractivity contribution < 1.29 is 14.3 Å². The van der Waals surface area contributed by atoms with Crippen LogP contribution in [0.2, 0.25) is 0 Å². The number of aryl methyl sites for hydroxylation is 2. The van der Waals surface area contributed by atoms with Gasteiger partial charge in [-0.25, -0.2) is 9.78 Å². The van der Waals surface area contributed by atoms with Gasteiger partial charge in [-0.2, -0.15) is 5.10 Å². The van der Waals surface area contributed by atoms with Crippen LogP contribution in [0.3, 0.4) is 0 Å².